The van der Waals surface area contributed by atoms with Crippen molar-refractivity contribution in [1.29, 1.82) is 0 Å². The molecule has 2 aliphatic carbocycles. The number of amides is 1. The summed E-state index contributed by atoms with van der Waals surface area (Å²) in [5, 5.41) is 10.9. The standard InChI is InChI=1S/C40H42F2N6O3/c1-7-36(49)47-19-21(2)48-34(23(47)4)18-33(45-48)40-37(38-31(42)16-26(41)17-35(38)51-20-24-13-27(14-24)50-6)29-9-8-10-30(29)39(43-40)25-11-12-28-22(3)46(5)44-32(28)15-25/h7,11-12,15-18,21,23-24,27H,1,8-10,13-14,19-20H2,2-6H3/t21-,23+,24?,27?/m0/s1. The average Bonchev–Trinajstić information content (AvgIpc) is 3.83. The van der Waals surface area contributed by atoms with Gasteiger partial charge in [0, 0.05) is 55.0 Å². The van der Waals surface area contributed by atoms with Gasteiger partial charge in [0.1, 0.15) is 23.1 Å². The van der Waals surface area contributed by atoms with Crippen LogP contribution in [0.3, 0.4) is 0 Å². The second-order valence-electron chi connectivity index (χ2n) is 14.3. The zero-order chi connectivity index (χ0) is 35.7. The minimum absolute atomic E-state index is 0.124. The zero-order valence-corrected chi connectivity index (χ0v) is 29.7. The molecule has 0 saturated heterocycles. The first-order valence-corrected chi connectivity index (χ1v) is 17.7. The average molecular weight is 693 g/mol. The summed E-state index contributed by atoms with van der Waals surface area (Å²) in [6.45, 7) is 10.5. The molecule has 3 aliphatic rings. The van der Waals surface area contributed by atoms with E-state index in [4.69, 9.17) is 24.7 Å². The van der Waals surface area contributed by atoms with Gasteiger partial charge in [0.05, 0.1) is 53.0 Å². The van der Waals surface area contributed by atoms with E-state index in [2.05, 4.69) is 24.8 Å². The third-order valence-corrected chi connectivity index (χ3v) is 11.2. The molecule has 0 N–H and O–H groups in total. The van der Waals surface area contributed by atoms with Crippen molar-refractivity contribution in [3.63, 3.8) is 0 Å². The van der Waals surface area contributed by atoms with Crippen LogP contribution in [-0.4, -0.2) is 61.7 Å². The van der Waals surface area contributed by atoms with Gasteiger partial charge in [-0.05, 0) is 88.1 Å². The van der Waals surface area contributed by atoms with E-state index < -0.39 is 11.6 Å². The Morgan fingerprint density at radius 3 is 2.59 bits per heavy atom. The Kier molecular flexibility index (Phi) is 8.28. The lowest BCUT2D eigenvalue weighted by Crippen LogP contribution is -2.42. The third kappa shape index (κ3) is 5.53. The van der Waals surface area contributed by atoms with Gasteiger partial charge in [-0.2, -0.15) is 10.2 Å². The van der Waals surface area contributed by atoms with E-state index in [0.29, 0.717) is 36.5 Å². The Bertz CT molecular complexity index is 2220. The van der Waals surface area contributed by atoms with Crippen molar-refractivity contribution in [3.8, 4) is 39.5 Å². The predicted molar refractivity (Wildman–Crippen MR) is 191 cm³/mol. The highest BCUT2D eigenvalue weighted by atomic mass is 19.1. The lowest BCUT2D eigenvalue weighted by Gasteiger charge is -2.36. The highest BCUT2D eigenvalue weighted by Gasteiger charge is 2.36. The molecular formula is C40H42F2N6O3. The minimum atomic E-state index is -0.711. The monoisotopic (exact) mass is 692 g/mol. The Hall–Kier alpha value is -4.90. The maximum Gasteiger partial charge on any atom is 0.246 e. The van der Waals surface area contributed by atoms with Crippen molar-refractivity contribution >= 4 is 16.8 Å². The quantitative estimate of drug-likeness (QED) is 0.155. The predicted octanol–water partition coefficient (Wildman–Crippen LogP) is 7.70. The second kappa shape index (κ2) is 12.7. The van der Waals surface area contributed by atoms with Gasteiger partial charge in [-0.3, -0.25) is 14.2 Å². The summed E-state index contributed by atoms with van der Waals surface area (Å²) in [5.74, 6) is -1.19. The van der Waals surface area contributed by atoms with E-state index in [9.17, 15) is 9.18 Å². The minimum Gasteiger partial charge on any atom is -0.492 e. The number of hydrogen-bond donors (Lipinski definition) is 0. The number of carbonyl (C=O) groups excluding carboxylic acids is 1. The molecule has 0 bridgehead atoms. The summed E-state index contributed by atoms with van der Waals surface area (Å²) in [7, 11) is 3.63. The second-order valence-corrected chi connectivity index (χ2v) is 14.3. The molecule has 2 atom stereocenters. The Balaban J connectivity index is 1.34. The van der Waals surface area contributed by atoms with E-state index in [0.717, 1.165) is 76.4 Å². The number of hydrogen-bond acceptors (Lipinski definition) is 6. The fraction of sp³-hybridized carbons (Fsp3) is 0.400. The molecule has 11 heteroatoms. The Labute approximate surface area is 295 Å². The van der Waals surface area contributed by atoms with Gasteiger partial charge in [0.15, 0.2) is 0 Å². The van der Waals surface area contributed by atoms with Gasteiger partial charge in [-0.15, -0.1) is 0 Å². The summed E-state index contributed by atoms with van der Waals surface area (Å²) in [4.78, 5) is 20.0. The molecule has 3 aromatic heterocycles. The van der Waals surface area contributed by atoms with E-state index in [1.165, 1.54) is 12.1 Å². The third-order valence-electron chi connectivity index (χ3n) is 11.2. The van der Waals surface area contributed by atoms with Gasteiger partial charge in [-0.25, -0.2) is 13.8 Å². The summed E-state index contributed by atoms with van der Waals surface area (Å²) in [6.07, 6.45) is 5.49. The number of benzene rings is 2. The zero-order valence-electron chi connectivity index (χ0n) is 29.7. The van der Waals surface area contributed by atoms with Gasteiger partial charge in [0.2, 0.25) is 5.91 Å². The van der Waals surface area contributed by atoms with E-state index in [1.807, 2.05) is 43.2 Å². The van der Waals surface area contributed by atoms with Crippen molar-refractivity contribution in [2.75, 3.05) is 20.3 Å². The van der Waals surface area contributed by atoms with Gasteiger partial charge in [0.25, 0.3) is 0 Å². The number of nitrogens with zero attached hydrogens (tertiary/aromatic N) is 6. The molecular weight excluding hydrogens is 650 g/mol. The summed E-state index contributed by atoms with van der Waals surface area (Å²) >= 11 is 0. The van der Waals surface area contributed by atoms with Crippen LogP contribution in [0.2, 0.25) is 0 Å². The topological polar surface area (TPSA) is 87.3 Å². The van der Waals surface area contributed by atoms with E-state index >= 15 is 4.39 Å². The van der Waals surface area contributed by atoms with E-state index in [-0.39, 0.29) is 41.3 Å². The molecule has 1 fully saturated rings. The fourth-order valence-corrected chi connectivity index (χ4v) is 8.22. The highest BCUT2D eigenvalue weighted by Crippen LogP contribution is 2.48. The molecule has 8 rings (SSSR count). The number of methoxy groups -OCH3 is 1. The number of carbonyl (C=O) groups is 1. The van der Waals surface area contributed by atoms with E-state index in [1.54, 1.807) is 12.0 Å². The number of ether oxygens (including phenoxy) is 2. The SMILES string of the molecule is C=CC(=O)N1C[C@H](C)n2nc(-c3nc(-c4ccc5c(C)n(C)nc5c4)c4c(c3-c3c(F)cc(F)cc3OCC3CC(OC)C3)CCC4)cc2[C@H]1C. The highest BCUT2D eigenvalue weighted by molar-refractivity contribution is 5.92. The summed E-state index contributed by atoms with van der Waals surface area (Å²) in [6, 6.07) is 9.96. The largest absolute Gasteiger partial charge is 0.492 e. The first-order chi connectivity index (χ1) is 24.6. The first kappa shape index (κ1) is 33.3. The van der Waals surface area contributed by atoms with Crippen LogP contribution in [0.4, 0.5) is 8.78 Å². The lowest BCUT2D eigenvalue weighted by molar-refractivity contribution is -0.129. The van der Waals surface area contributed by atoms with Crippen LogP contribution in [0.15, 0.2) is 49.1 Å². The maximum atomic E-state index is 16.4. The van der Waals surface area contributed by atoms with Crippen molar-refractivity contribution in [1.82, 2.24) is 29.4 Å². The Morgan fingerprint density at radius 1 is 1.04 bits per heavy atom. The van der Waals surface area contributed by atoms with Crippen LogP contribution in [0.1, 0.15) is 67.7 Å². The van der Waals surface area contributed by atoms with Gasteiger partial charge < -0.3 is 14.4 Å². The smallest absolute Gasteiger partial charge is 0.246 e. The van der Waals surface area contributed by atoms with Crippen LogP contribution < -0.4 is 4.74 Å². The molecule has 1 aliphatic heterocycles. The number of fused-ring (bicyclic) bond motifs is 3. The molecule has 0 spiro atoms. The van der Waals surface area contributed by atoms with Crippen LogP contribution in [0.25, 0.3) is 44.7 Å². The van der Waals surface area contributed by atoms with Crippen molar-refractivity contribution in [2.24, 2.45) is 13.0 Å². The van der Waals surface area contributed by atoms with Gasteiger partial charge in [-0.1, -0.05) is 18.7 Å². The maximum absolute atomic E-state index is 16.4. The van der Waals surface area contributed by atoms with Gasteiger partial charge >= 0.3 is 0 Å². The molecule has 5 aromatic rings. The molecule has 0 radical (unpaired) electrons. The summed E-state index contributed by atoms with van der Waals surface area (Å²) < 4.78 is 46.9. The van der Waals surface area contributed by atoms with Crippen molar-refractivity contribution in [2.45, 2.75) is 71.1 Å². The van der Waals surface area contributed by atoms with Crippen molar-refractivity contribution in [3.05, 3.63) is 83.2 Å². The molecule has 9 nitrogen and oxygen atoms in total. The number of aryl methyl sites for hydroxylation is 2. The molecule has 4 heterocycles. The first-order valence-electron chi connectivity index (χ1n) is 17.7. The molecule has 51 heavy (non-hydrogen) atoms. The molecule has 1 amide bonds. The Morgan fingerprint density at radius 2 is 1.82 bits per heavy atom. The number of halogens is 2. The normalized spacial score (nSPS) is 21.0. The number of aromatic nitrogens is 5. The molecule has 1 saturated carbocycles. The van der Waals surface area contributed by atoms with Crippen LogP contribution in [-0.2, 0) is 29.4 Å². The summed E-state index contributed by atoms with van der Waals surface area (Å²) in [5.41, 5.74) is 8.29. The van der Waals surface area contributed by atoms with Crippen molar-refractivity contribution < 1.29 is 23.0 Å². The van der Waals surface area contributed by atoms with Crippen LogP contribution in [0, 0.1) is 24.5 Å². The molecule has 264 valence electrons. The van der Waals surface area contributed by atoms with Crippen LogP contribution >= 0.6 is 0 Å². The lowest BCUT2D eigenvalue weighted by atomic mass is 9.83. The number of rotatable bonds is 8. The molecule has 2 aromatic carbocycles. The fourth-order valence-electron chi connectivity index (χ4n) is 8.22. The molecule has 0 unspecified atom stereocenters. The van der Waals surface area contributed by atoms with Crippen LogP contribution in [0.5, 0.6) is 5.75 Å². The number of pyridine rings is 1.